The van der Waals surface area contributed by atoms with Crippen LogP contribution in [0.25, 0.3) is 0 Å². The number of halogens is 2. The van der Waals surface area contributed by atoms with Gasteiger partial charge in [-0.2, -0.15) is 0 Å². The molecule has 0 spiro atoms. The van der Waals surface area contributed by atoms with Crippen molar-refractivity contribution < 1.29 is 0 Å². The predicted molar refractivity (Wildman–Crippen MR) is 54.0 cm³/mol. The van der Waals surface area contributed by atoms with E-state index in [4.69, 9.17) is 0 Å². The van der Waals surface area contributed by atoms with Crippen molar-refractivity contribution in [1.82, 2.24) is 0 Å². The van der Waals surface area contributed by atoms with Gasteiger partial charge in [0.1, 0.15) is 0 Å². The Bertz CT molecular complexity index is 139. The SMILES string of the molecule is CBr.Ic1ccccc1. The molecule has 0 unspecified atom stereocenters. The van der Waals surface area contributed by atoms with Gasteiger partial charge < -0.3 is 0 Å². The van der Waals surface area contributed by atoms with Crippen LogP contribution in [0.3, 0.4) is 0 Å². The highest BCUT2D eigenvalue weighted by atomic mass is 127. The maximum Gasteiger partial charge on any atom is 0.0130 e. The third kappa shape index (κ3) is 4.90. The molecule has 0 radical (unpaired) electrons. The average molecular weight is 299 g/mol. The second-order valence-corrected chi connectivity index (χ2v) is 2.54. The minimum absolute atomic E-state index is 1.29. The van der Waals surface area contributed by atoms with Crippen molar-refractivity contribution in [3.05, 3.63) is 33.9 Å². The zero-order valence-corrected chi connectivity index (χ0v) is 8.89. The molecule has 0 fully saturated rings. The molecule has 0 aromatic heterocycles. The molecular formula is C7H8BrI. The second-order valence-electron chi connectivity index (χ2n) is 1.30. The van der Waals surface area contributed by atoms with Gasteiger partial charge in [0.2, 0.25) is 0 Å². The lowest BCUT2D eigenvalue weighted by Gasteiger charge is -1.80. The van der Waals surface area contributed by atoms with Crippen LogP contribution in [-0.4, -0.2) is 5.83 Å². The fraction of sp³-hybridized carbons (Fsp3) is 0.143. The Morgan fingerprint density at radius 3 is 1.78 bits per heavy atom. The first-order valence-corrected chi connectivity index (χ1v) is 5.14. The zero-order chi connectivity index (χ0) is 7.11. The van der Waals surface area contributed by atoms with E-state index >= 15 is 0 Å². The van der Waals surface area contributed by atoms with Crippen LogP contribution in [0.2, 0.25) is 0 Å². The van der Waals surface area contributed by atoms with Gasteiger partial charge in [0.05, 0.1) is 0 Å². The van der Waals surface area contributed by atoms with E-state index in [9.17, 15) is 0 Å². The van der Waals surface area contributed by atoms with Crippen LogP contribution < -0.4 is 0 Å². The third-order valence-corrected chi connectivity index (χ3v) is 1.45. The largest absolute Gasteiger partial charge is 0.0966 e. The molecular weight excluding hydrogens is 291 g/mol. The van der Waals surface area contributed by atoms with E-state index in [1.807, 2.05) is 24.0 Å². The first kappa shape index (κ1) is 9.43. The average Bonchev–Trinajstić information content (AvgIpc) is 1.94. The minimum atomic E-state index is 1.29. The summed E-state index contributed by atoms with van der Waals surface area (Å²) in [7, 11) is 0. The van der Waals surface area contributed by atoms with Crippen LogP contribution in [0, 0.1) is 3.57 Å². The van der Waals surface area contributed by atoms with Crippen molar-refractivity contribution in [2.45, 2.75) is 0 Å². The van der Waals surface area contributed by atoms with Crippen molar-refractivity contribution in [1.29, 1.82) is 0 Å². The lowest BCUT2D eigenvalue weighted by atomic mass is 10.4. The van der Waals surface area contributed by atoms with Crippen LogP contribution in [0.5, 0.6) is 0 Å². The summed E-state index contributed by atoms with van der Waals surface area (Å²) in [6, 6.07) is 10.2. The summed E-state index contributed by atoms with van der Waals surface area (Å²) in [6.07, 6.45) is 0. The van der Waals surface area contributed by atoms with E-state index in [0.717, 1.165) is 0 Å². The van der Waals surface area contributed by atoms with Crippen molar-refractivity contribution in [2.24, 2.45) is 0 Å². The van der Waals surface area contributed by atoms with Crippen LogP contribution in [0.1, 0.15) is 0 Å². The first-order chi connectivity index (χ1) is 4.39. The molecule has 1 aromatic carbocycles. The van der Waals surface area contributed by atoms with Gasteiger partial charge in [-0.15, -0.1) is 0 Å². The summed E-state index contributed by atoms with van der Waals surface area (Å²) in [4.78, 5) is 0. The molecule has 0 saturated heterocycles. The van der Waals surface area contributed by atoms with Gasteiger partial charge in [-0.1, -0.05) is 34.1 Å². The van der Waals surface area contributed by atoms with Crippen LogP contribution >= 0.6 is 38.5 Å². The van der Waals surface area contributed by atoms with Crippen LogP contribution in [-0.2, 0) is 0 Å². The molecule has 2 heteroatoms. The van der Waals surface area contributed by atoms with Gasteiger partial charge in [-0.25, -0.2) is 0 Å². The molecule has 0 aliphatic rings. The quantitative estimate of drug-likeness (QED) is 0.509. The Labute approximate surface area is 77.9 Å². The standard InChI is InChI=1S/C6H5I.CH3Br/c7-6-4-2-1-3-5-6;1-2/h1-5H;1H3. The van der Waals surface area contributed by atoms with Crippen molar-refractivity contribution in [3.8, 4) is 0 Å². The highest BCUT2D eigenvalue weighted by Crippen LogP contribution is 1.99. The van der Waals surface area contributed by atoms with Crippen LogP contribution in [0.4, 0.5) is 0 Å². The predicted octanol–water partition coefficient (Wildman–Crippen LogP) is 3.30. The Balaban J connectivity index is 0.000000291. The lowest BCUT2D eigenvalue weighted by molar-refractivity contribution is 1.65. The first-order valence-electron chi connectivity index (χ1n) is 2.48. The van der Waals surface area contributed by atoms with Crippen molar-refractivity contribution in [2.75, 3.05) is 5.83 Å². The number of hydrogen-bond acceptors (Lipinski definition) is 0. The number of alkyl halides is 1. The summed E-state index contributed by atoms with van der Waals surface area (Å²) < 4.78 is 1.29. The summed E-state index contributed by atoms with van der Waals surface area (Å²) in [5.74, 6) is 1.81. The van der Waals surface area contributed by atoms with Crippen molar-refractivity contribution >= 4 is 38.5 Å². The molecule has 0 N–H and O–H groups in total. The second kappa shape index (κ2) is 6.55. The zero-order valence-electron chi connectivity index (χ0n) is 5.14. The van der Waals surface area contributed by atoms with E-state index < -0.39 is 0 Å². The molecule has 0 saturated carbocycles. The van der Waals surface area contributed by atoms with E-state index in [0.29, 0.717) is 0 Å². The van der Waals surface area contributed by atoms with Gasteiger partial charge in [0.15, 0.2) is 0 Å². The number of hydrogen-bond donors (Lipinski definition) is 0. The van der Waals surface area contributed by atoms with Gasteiger partial charge in [0, 0.05) is 3.57 Å². The fourth-order valence-electron chi connectivity index (χ4n) is 0.415. The lowest BCUT2D eigenvalue weighted by Crippen LogP contribution is -1.61. The highest BCUT2D eigenvalue weighted by Gasteiger charge is 1.74. The molecule has 9 heavy (non-hydrogen) atoms. The molecule has 0 bridgehead atoms. The van der Waals surface area contributed by atoms with Crippen molar-refractivity contribution in [3.63, 3.8) is 0 Å². The van der Waals surface area contributed by atoms with E-state index in [-0.39, 0.29) is 0 Å². The molecule has 1 aromatic rings. The molecule has 0 heterocycles. The van der Waals surface area contributed by atoms with Crippen LogP contribution in [0.15, 0.2) is 30.3 Å². The van der Waals surface area contributed by atoms with E-state index in [1.54, 1.807) is 0 Å². The molecule has 0 nitrogen and oxygen atoms in total. The topological polar surface area (TPSA) is 0 Å². The molecule has 1 rings (SSSR count). The van der Waals surface area contributed by atoms with E-state index in [1.165, 1.54) is 3.57 Å². The van der Waals surface area contributed by atoms with Gasteiger partial charge in [-0.05, 0) is 40.6 Å². The van der Waals surface area contributed by atoms with E-state index in [2.05, 4.69) is 50.7 Å². The fourth-order valence-corrected chi connectivity index (χ4v) is 0.830. The summed E-state index contributed by atoms with van der Waals surface area (Å²) >= 11 is 5.22. The van der Waals surface area contributed by atoms with Gasteiger partial charge in [0.25, 0.3) is 0 Å². The highest BCUT2D eigenvalue weighted by molar-refractivity contribution is 14.1. The molecule has 0 aliphatic carbocycles. The molecule has 0 atom stereocenters. The molecule has 50 valence electrons. The number of rotatable bonds is 0. The summed E-state index contributed by atoms with van der Waals surface area (Å²) in [5.41, 5.74) is 0. The number of benzene rings is 1. The summed E-state index contributed by atoms with van der Waals surface area (Å²) in [6.45, 7) is 0. The smallest absolute Gasteiger partial charge is 0.0130 e. The maximum absolute atomic E-state index is 2.94. The monoisotopic (exact) mass is 298 g/mol. The minimum Gasteiger partial charge on any atom is -0.0966 e. The molecule has 0 aliphatic heterocycles. The van der Waals surface area contributed by atoms with Gasteiger partial charge in [-0.3, -0.25) is 0 Å². The normalized spacial score (nSPS) is 7.44. The Morgan fingerprint density at radius 1 is 1.11 bits per heavy atom. The third-order valence-electron chi connectivity index (χ3n) is 0.733. The molecule has 0 amide bonds. The Morgan fingerprint density at radius 2 is 1.56 bits per heavy atom. The summed E-state index contributed by atoms with van der Waals surface area (Å²) in [5, 5.41) is 0. The Kier molecular flexibility index (Phi) is 6.86. The van der Waals surface area contributed by atoms with Gasteiger partial charge >= 0.3 is 0 Å². The maximum atomic E-state index is 2.94. The Hall–Kier alpha value is 0.430.